The third-order valence-electron chi connectivity index (χ3n) is 3.79. The van der Waals surface area contributed by atoms with Crippen LogP contribution in [0.5, 0.6) is 5.75 Å². The number of rotatable bonds is 4. The number of thiazole rings is 1. The fourth-order valence-corrected chi connectivity index (χ4v) is 3.61. The molecule has 0 saturated heterocycles. The molecule has 4 aromatic rings. The number of benzene rings is 2. The maximum absolute atomic E-state index is 12.7. The number of hydrogen-bond acceptors (Lipinski definition) is 5. The second kappa shape index (κ2) is 6.90. The van der Waals surface area contributed by atoms with Crippen LogP contribution in [0.1, 0.15) is 12.5 Å². The highest BCUT2D eigenvalue weighted by Gasteiger charge is 2.12. The molecule has 26 heavy (non-hydrogen) atoms. The summed E-state index contributed by atoms with van der Waals surface area (Å²) < 4.78 is 7.52. The van der Waals surface area contributed by atoms with Gasteiger partial charge in [0.15, 0.2) is 5.82 Å². The van der Waals surface area contributed by atoms with E-state index in [1.165, 1.54) is 15.9 Å². The summed E-state index contributed by atoms with van der Waals surface area (Å²) in [5.41, 5.74) is 1.48. The van der Waals surface area contributed by atoms with Crippen molar-refractivity contribution in [3.63, 3.8) is 0 Å². The molecular formula is C19H14ClN3O2S. The predicted octanol–water partition coefficient (Wildman–Crippen LogP) is 3.42. The minimum absolute atomic E-state index is 0.191. The quantitative estimate of drug-likeness (QED) is 0.542. The Hall–Kier alpha value is -2.70. The Morgan fingerprint density at radius 3 is 2.69 bits per heavy atom. The van der Waals surface area contributed by atoms with Gasteiger partial charge in [-0.2, -0.15) is 9.50 Å². The Kier molecular flexibility index (Phi) is 4.44. The number of ether oxygens (including phenoxy) is 1. The number of hydrogen-bond donors (Lipinski definition) is 0. The van der Waals surface area contributed by atoms with Gasteiger partial charge in [0.1, 0.15) is 5.75 Å². The second-order valence-corrected chi connectivity index (χ2v) is 6.97. The molecule has 0 aliphatic heterocycles. The minimum Gasteiger partial charge on any atom is -0.493 e. The van der Waals surface area contributed by atoms with Crippen molar-refractivity contribution in [2.45, 2.75) is 6.92 Å². The molecule has 2 aromatic heterocycles. The highest BCUT2D eigenvalue weighted by molar-refractivity contribution is 7.15. The van der Waals surface area contributed by atoms with Gasteiger partial charge in [0, 0.05) is 16.1 Å². The van der Waals surface area contributed by atoms with E-state index in [1.54, 1.807) is 12.1 Å². The summed E-state index contributed by atoms with van der Waals surface area (Å²) in [6, 6.07) is 14.8. The number of nitrogens with zero attached hydrogens (tertiary/aromatic N) is 3. The fraction of sp³-hybridized carbons (Fsp3) is 0.105. The van der Waals surface area contributed by atoms with E-state index in [-0.39, 0.29) is 5.56 Å². The molecule has 0 N–H and O–H groups in total. The summed E-state index contributed by atoms with van der Waals surface area (Å²) in [7, 11) is 0. The van der Waals surface area contributed by atoms with Gasteiger partial charge in [-0.25, -0.2) is 0 Å². The van der Waals surface area contributed by atoms with E-state index >= 15 is 0 Å². The van der Waals surface area contributed by atoms with Crippen LogP contribution in [-0.2, 0) is 0 Å². The van der Waals surface area contributed by atoms with Gasteiger partial charge in [0.05, 0.1) is 11.1 Å². The lowest BCUT2D eigenvalue weighted by atomic mass is 10.2. The van der Waals surface area contributed by atoms with Crippen LogP contribution in [0, 0.1) is 0 Å². The molecule has 4 rings (SSSR count). The van der Waals surface area contributed by atoms with Crippen molar-refractivity contribution < 1.29 is 4.74 Å². The molecule has 0 bridgehead atoms. The summed E-state index contributed by atoms with van der Waals surface area (Å²) in [5.74, 6) is 1.25. The minimum atomic E-state index is -0.191. The average Bonchev–Trinajstić information content (AvgIpc) is 3.18. The van der Waals surface area contributed by atoms with E-state index < -0.39 is 0 Å². The van der Waals surface area contributed by atoms with E-state index in [2.05, 4.69) is 10.1 Å². The zero-order valence-corrected chi connectivity index (χ0v) is 15.4. The van der Waals surface area contributed by atoms with Crippen molar-refractivity contribution in [3.05, 3.63) is 74.0 Å². The first-order valence-electron chi connectivity index (χ1n) is 8.05. The van der Waals surface area contributed by atoms with Gasteiger partial charge in [-0.3, -0.25) is 4.79 Å². The fourth-order valence-electron chi connectivity index (χ4n) is 2.58. The first-order valence-corrected chi connectivity index (χ1v) is 9.24. The van der Waals surface area contributed by atoms with Crippen LogP contribution < -0.4 is 14.8 Å². The molecule has 7 heteroatoms. The van der Waals surface area contributed by atoms with Crippen LogP contribution in [0.3, 0.4) is 0 Å². The van der Waals surface area contributed by atoms with E-state index in [0.29, 0.717) is 26.9 Å². The Bertz CT molecular complexity index is 1180. The van der Waals surface area contributed by atoms with Crippen molar-refractivity contribution in [3.8, 4) is 17.1 Å². The lowest BCUT2D eigenvalue weighted by Crippen LogP contribution is -2.23. The van der Waals surface area contributed by atoms with Crippen LogP contribution >= 0.6 is 22.9 Å². The van der Waals surface area contributed by atoms with Gasteiger partial charge in [-0.05, 0) is 43.3 Å². The molecule has 5 nitrogen and oxygen atoms in total. The maximum Gasteiger partial charge on any atom is 0.291 e. The Morgan fingerprint density at radius 2 is 1.96 bits per heavy atom. The molecule has 0 aliphatic carbocycles. The number of fused-ring (bicyclic) bond motifs is 1. The first kappa shape index (κ1) is 16.8. The lowest BCUT2D eigenvalue weighted by Gasteiger charge is -2.05. The van der Waals surface area contributed by atoms with Crippen LogP contribution in [0.2, 0.25) is 5.02 Å². The third kappa shape index (κ3) is 3.09. The highest BCUT2D eigenvalue weighted by Crippen LogP contribution is 2.20. The van der Waals surface area contributed by atoms with E-state index in [9.17, 15) is 4.79 Å². The molecule has 0 fully saturated rings. The van der Waals surface area contributed by atoms with Crippen molar-refractivity contribution in [1.29, 1.82) is 0 Å². The number of halogens is 1. The van der Waals surface area contributed by atoms with E-state index in [1.807, 2.05) is 49.4 Å². The number of para-hydroxylation sites is 1. The van der Waals surface area contributed by atoms with Gasteiger partial charge in [0.25, 0.3) is 5.56 Å². The smallest absolute Gasteiger partial charge is 0.291 e. The maximum atomic E-state index is 12.7. The largest absolute Gasteiger partial charge is 0.493 e. The molecule has 0 radical (unpaired) electrons. The normalized spacial score (nSPS) is 12.0. The summed E-state index contributed by atoms with van der Waals surface area (Å²) in [5, 5.41) is 4.99. The molecule has 0 amide bonds. The zero-order chi connectivity index (χ0) is 18.1. The molecule has 2 heterocycles. The standard InChI is InChI=1S/C19H14ClN3O2S/c1-2-25-15-6-4-3-5-13(15)11-16-18(24)23-19(26-16)21-17(22-23)12-7-9-14(20)10-8-12/h3-11H,2H2,1H3/b16-11+. The van der Waals surface area contributed by atoms with Crippen LogP contribution in [0.25, 0.3) is 22.4 Å². The summed E-state index contributed by atoms with van der Waals surface area (Å²) in [6.07, 6.45) is 1.82. The van der Waals surface area contributed by atoms with Gasteiger partial charge in [0.2, 0.25) is 4.96 Å². The number of aromatic nitrogens is 3. The predicted molar refractivity (Wildman–Crippen MR) is 104 cm³/mol. The molecule has 130 valence electrons. The Morgan fingerprint density at radius 1 is 1.19 bits per heavy atom. The van der Waals surface area contributed by atoms with Gasteiger partial charge < -0.3 is 4.74 Å². The summed E-state index contributed by atoms with van der Waals surface area (Å²) in [6.45, 7) is 2.49. The molecule has 0 spiro atoms. The van der Waals surface area contributed by atoms with Crippen molar-refractivity contribution in [2.75, 3.05) is 6.61 Å². The molecule has 0 aliphatic rings. The van der Waals surface area contributed by atoms with Crippen molar-refractivity contribution >= 4 is 34.0 Å². The molecular weight excluding hydrogens is 370 g/mol. The lowest BCUT2D eigenvalue weighted by molar-refractivity contribution is 0.339. The topological polar surface area (TPSA) is 56.5 Å². The summed E-state index contributed by atoms with van der Waals surface area (Å²) in [4.78, 5) is 17.7. The van der Waals surface area contributed by atoms with Crippen molar-refractivity contribution in [1.82, 2.24) is 14.6 Å². The second-order valence-electron chi connectivity index (χ2n) is 5.52. The third-order valence-corrected chi connectivity index (χ3v) is 5.00. The SMILES string of the molecule is CCOc1ccccc1/C=c1/sc2nc(-c3ccc(Cl)cc3)nn2c1=O. The Labute approximate surface area is 158 Å². The molecule has 0 atom stereocenters. The van der Waals surface area contributed by atoms with Crippen LogP contribution in [0.4, 0.5) is 0 Å². The average molecular weight is 384 g/mol. The summed E-state index contributed by atoms with van der Waals surface area (Å²) >= 11 is 7.21. The highest BCUT2D eigenvalue weighted by atomic mass is 35.5. The molecule has 0 unspecified atom stereocenters. The first-order chi connectivity index (χ1) is 12.7. The van der Waals surface area contributed by atoms with Gasteiger partial charge in [-0.15, -0.1) is 5.10 Å². The monoisotopic (exact) mass is 383 g/mol. The van der Waals surface area contributed by atoms with Crippen molar-refractivity contribution in [2.24, 2.45) is 0 Å². The van der Waals surface area contributed by atoms with Crippen LogP contribution in [-0.4, -0.2) is 21.2 Å². The van der Waals surface area contributed by atoms with Gasteiger partial charge >= 0.3 is 0 Å². The van der Waals surface area contributed by atoms with E-state index in [0.717, 1.165) is 16.9 Å². The van der Waals surface area contributed by atoms with Gasteiger partial charge in [-0.1, -0.05) is 41.1 Å². The zero-order valence-electron chi connectivity index (χ0n) is 13.8. The molecule has 2 aromatic carbocycles. The van der Waals surface area contributed by atoms with E-state index in [4.69, 9.17) is 16.3 Å². The Balaban J connectivity index is 1.79. The van der Waals surface area contributed by atoms with Crippen LogP contribution in [0.15, 0.2) is 53.3 Å². The molecule has 0 saturated carbocycles.